The van der Waals surface area contributed by atoms with Gasteiger partial charge in [0, 0.05) is 6.54 Å². The monoisotopic (exact) mass is 416 g/mol. The van der Waals surface area contributed by atoms with E-state index >= 15 is 0 Å². The van der Waals surface area contributed by atoms with Gasteiger partial charge in [-0.25, -0.2) is 0 Å². The van der Waals surface area contributed by atoms with Crippen molar-refractivity contribution in [1.29, 1.82) is 0 Å². The van der Waals surface area contributed by atoms with Crippen LogP contribution >= 0.6 is 0 Å². The molecule has 31 heavy (non-hydrogen) atoms. The SMILES string of the molecule is O=C(Cc1ccc2c(c1)OCCO2)Nc1ccccc1C(=O)NCCc1ccccc1. The van der Waals surface area contributed by atoms with Gasteiger partial charge in [0.15, 0.2) is 11.5 Å². The molecule has 0 radical (unpaired) electrons. The Bertz CT molecular complexity index is 1070. The first-order valence-electron chi connectivity index (χ1n) is 10.3. The van der Waals surface area contributed by atoms with E-state index in [9.17, 15) is 9.59 Å². The number of nitrogens with one attached hydrogen (secondary N) is 2. The number of rotatable bonds is 7. The molecule has 0 unspecified atom stereocenters. The molecule has 0 aromatic heterocycles. The Labute approximate surface area is 181 Å². The first kappa shape index (κ1) is 20.5. The molecule has 0 saturated carbocycles. The molecule has 0 fully saturated rings. The number of anilines is 1. The van der Waals surface area contributed by atoms with Gasteiger partial charge in [-0.3, -0.25) is 9.59 Å². The van der Waals surface area contributed by atoms with Crippen LogP contribution in [0.5, 0.6) is 11.5 Å². The van der Waals surface area contributed by atoms with Gasteiger partial charge >= 0.3 is 0 Å². The summed E-state index contributed by atoms with van der Waals surface area (Å²) in [6.07, 6.45) is 0.909. The lowest BCUT2D eigenvalue weighted by Crippen LogP contribution is -2.27. The van der Waals surface area contributed by atoms with Crippen LogP contribution in [0.4, 0.5) is 5.69 Å². The summed E-state index contributed by atoms with van der Waals surface area (Å²) in [5.74, 6) is 0.912. The molecule has 0 aliphatic carbocycles. The van der Waals surface area contributed by atoms with Crippen LogP contribution in [0.1, 0.15) is 21.5 Å². The molecule has 1 aliphatic rings. The third-order valence-electron chi connectivity index (χ3n) is 4.96. The second kappa shape index (κ2) is 9.80. The maximum Gasteiger partial charge on any atom is 0.253 e. The largest absolute Gasteiger partial charge is 0.486 e. The highest BCUT2D eigenvalue weighted by molar-refractivity contribution is 6.04. The lowest BCUT2D eigenvalue weighted by Gasteiger charge is -2.18. The van der Waals surface area contributed by atoms with Crippen LogP contribution in [0, 0.1) is 0 Å². The lowest BCUT2D eigenvalue weighted by molar-refractivity contribution is -0.115. The van der Waals surface area contributed by atoms with E-state index in [0.29, 0.717) is 42.5 Å². The van der Waals surface area contributed by atoms with Gasteiger partial charge < -0.3 is 20.1 Å². The molecule has 0 bridgehead atoms. The Balaban J connectivity index is 1.36. The zero-order valence-corrected chi connectivity index (χ0v) is 17.1. The molecule has 0 spiro atoms. The second-order valence-corrected chi connectivity index (χ2v) is 7.24. The van der Waals surface area contributed by atoms with Crippen LogP contribution in [-0.4, -0.2) is 31.6 Å². The highest BCUT2D eigenvalue weighted by atomic mass is 16.6. The fourth-order valence-corrected chi connectivity index (χ4v) is 3.43. The van der Waals surface area contributed by atoms with Crippen LogP contribution in [0.25, 0.3) is 0 Å². The highest BCUT2D eigenvalue weighted by Gasteiger charge is 2.15. The molecule has 158 valence electrons. The topological polar surface area (TPSA) is 76.7 Å². The van der Waals surface area contributed by atoms with Crippen molar-refractivity contribution in [1.82, 2.24) is 5.32 Å². The molecule has 4 rings (SSSR count). The molecule has 3 aromatic carbocycles. The first-order chi connectivity index (χ1) is 15.2. The standard InChI is InChI=1S/C25H24N2O4/c28-24(17-19-10-11-22-23(16-19)31-15-14-30-22)27-21-9-5-4-8-20(21)25(29)26-13-12-18-6-2-1-3-7-18/h1-11,16H,12-15,17H2,(H,26,29)(H,27,28). The van der Waals surface area contributed by atoms with E-state index in [0.717, 1.165) is 17.5 Å². The first-order valence-corrected chi connectivity index (χ1v) is 10.3. The van der Waals surface area contributed by atoms with Gasteiger partial charge in [0.05, 0.1) is 17.7 Å². The zero-order chi connectivity index (χ0) is 21.5. The third-order valence-corrected chi connectivity index (χ3v) is 4.96. The minimum atomic E-state index is -0.217. The number of benzene rings is 3. The third kappa shape index (κ3) is 5.42. The van der Waals surface area contributed by atoms with Crippen molar-refractivity contribution in [3.63, 3.8) is 0 Å². The van der Waals surface area contributed by atoms with E-state index in [2.05, 4.69) is 10.6 Å². The van der Waals surface area contributed by atoms with Crippen LogP contribution in [0.3, 0.4) is 0 Å². The molecular formula is C25H24N2O4. The Kier molecular flexibility index (Phi) is 6.47. The Hall–Kier alpha value is -3.80. The Morgan fingerprint density at radius 3 is 2.39 bits per heavy atom. The summed E-state index contributed by atoms with van der Waals surface area (Å²) in [4.78, 5) is 25.3. The van der Waals surface area contributed by atoms with Crippen molar-refractivity contribution in [2.24, 2.45) is 0 Å². The number of hydrogen-bond acceptors (Lipinski definition) is 4. The average molecular weight is 416 g/mol. The van der Waals surface area contributed by atoms with Gasteiger partial charge in [0.25, 0.3) is 5.91 Å². The molecule has 0 saturated heterocycles. The van der Waals surface area contributed by atoms with Gasteiger partial charge in [0.2, 0.25) is 5.91 Å². The molecule has 2 N–H and O–H groups in total. The van der Waals surface area contributed by atoms with Crippen molar-refractivity contribution in [3.05, 3.63) is 89.5 Å². The lowest BCUT2D eigenvalue weighted by atomic mass is 10.1. The maximum atomic E-state index is 12.7. The summed E-state index contributed by atoms with van der Waals surface area (Å²) in [5, 5.41) is 5.78. The molecule has 1 aliphatic heterocycles. The summed E-state index contributed by atoms with van der Waals surface area (Å²) < 4.78 is 11.1. The van der Waals surface area contributed by atoms with Gasteiger partial charge in [0.1, 0.15) is 13.2 Å². The molecular weight excluding hydrogens is 392 g/mol. The van der Waals surface area contributed by atoms with E-state index in [1.54, 1.807) is 24.3 Å². The normalized spacial score (nSPS) is 12.1. The van der Waals surface area contributed by atoms with Crippen LogP contribution < -0.4 is 20.1 Å². The summed E-state index contributed by atoms with van der Waals surface area (Å²) in [5.41, 5.74) is 2.89. The Morgan fingerprint density at radius 1 is 0.806 bits per heavy atom. The number of para-hydroxylation sites is 1. The van der Waals surface area contributed by atoms with Crippen LogP contribution in [0.2, 0.25) is 0 Å². The minimum Gasteiger partial charge on any atom is -0.486 e. The number of hydrogen-bond donors (Lipinski definition) is 2. The fourth-order valence-electron chi connectivity index (χ4n) is 3.43. The zero-order valence-electron chi connectivity index (χ0n) is 17.1. The van der Waals surface area contributed by atoms with Crippen molar-refractivity contribution in [2.45, 2.75) is 12.8 Å². The predicted molar refractivity (Wildman–Crippen MR) is 119 cm³/mol. The smallest absolute Gasteiger partial charge is 0.253 e. The summed E-state index contributed by atoms with van der Waals surface area (Å²) in [7, 11) is 0. The van der Waals surface area contributed by atoms with E-state index in [-0.39, 0.29) is 18.2 Å². The van der Waals surface area contributed by atoms with E-state index in [4.69, 9.17) is 9.47 Å². The van der Waals surface area contributed by atoms with Crippen molar-refractivity contribution < 1.29 is 19.1 Å². The molecule has 0 atom stereocenters. The second-order valence-electron chi connectivity index (χ2n) is 7.24. The Morgan fingerprint density at radius 2 is 1.55 bits per heavy atom. The summed E-state index contributed by atoms with van der Waals surface area (Å²) in [6.45, 7) is 1.54. The number of amides is 2. The van der Waals surface area contributed by atoms with Gasteiger partial charge in [-0.2, -0.15) is 0 Å². The van der Waals surface area contributed by atoms with Crippen LogP contribution in [-0.2, 0) is 17.6 Å². The minimum absolute atomic E-state index is 0.167. The fraction of sp³-hybridized carbons (Fsp3) is 0.200. The van der Waals surface area contributed by atoms with Crippen molar-refractivity contribution in [3.8, 4) is 11.5 Å². The van der Waals surface area contributed by atoms with Gasteiger partial charge in [-0.05, 0) is 41.8 Å². The number of carbonyl (C=O) groups is 2. The van der Waals surface area contributed by atoms with E-state index in [1.165, 1.54) is 0 Å². The average Bonchev–Trinajstić information content (AvgIpc) is 2.80. The molecule has 6 nitrogen and oxygen atoms in total. The van der Waals surface area contributed by atoms with E-state index < -0.39 is 0 Å². The molecule has 1 heterocycles. The molecule has 6 heteroatoms. The molecule has 3 aromatic rings. The predicted octanol–water partition coefficient (Wildman–Crippen LogP) is 3.61. The number of fused-ring (bicyclic) bond motifs is 1. The van der Waals surface area contributed by atoms with Crippen LogP contribution in [0.15, 0.2) is 72.8 Å². The van der Waals surface area contributed by atoms with Gasteiger partial charge in [-0.15, -0.1) is 0 Å². The number of ether oxygens (including phenoxy) is 2. The van der Waals surface area contributed by atoms with E-state index in [1.807, 2.05) is 48.5 Å². The highest BCUT2D eigenvalue weighted by Crippen LogP contribution is 2.31. The quantitative estimate of drug-likeness (QED) is 0.617. The maximum absolute atomic E-state index is 12.7. The summed E-state index contributed by atoms with van der Waals surface area (Å²) >= 11 is 0. The van der Waals surface area contributed by atoms with Crippen molar-refractivity contribution >= 4 is 17.5 Å². The number of carbonyl (C=O) groups excluding carboxylic acids is 2. The van der Waals surface area contributed by atoms with Gasteiger partial charge in [-0.1, -0.05) is 48.5 Å². The summed E-state index contributed by atoms with van der Waals surface area (Å²) in [6, 6.07) is 22.4. The molecule has 2 amide bonds. The van der Waals surface area contributed by atoms with Crippen molar-refractivity contribution in [2.75, 3.05) is 25.1 Å².